The predicted molar refractivity (Wildman–Crippen MR) is 67.3 cm³/mol. The van der Waals surface area contributed by atoms with Gasteiger partial charge in [-0.1, -0.05) is 6.92 Å². The molecule has 1 aromatic rings. The summed E-state index contributed by atoms with van der Waals surface area (Å²) in [5.74, 6) is -0.871. The second-order valence-corrected chi connectivity index (χ2v) is 3.60. The number of anilines is 1. The summed E-state index contributed by atoms with van der Waals surface area (Å²) in [6.07, 6.45) is 0.842. The molecule has 0 aliphatic rings. The molecule has 18 heavy (non-hydrogen) atoms. The van der Waals surface area contributed by atoms with Gasteiger partial charge in [0.05, 0.1) is 7.11 Å². The molecule has 2 amide bonds. The van der Waals surface area contributed by atoms with Crippen molar-refractivity contribution in [3.63, 3.8) is 0 Å². The Hall–Kier alpha value is -2.24. The average molecular weight is 252 g/mol. The summed E-state index contributed by atoms with van der Waals surface area (Å²) in [5.41, 5.74) is 0.530. The number of urea groups is 1. The van der Waals surface area contributed by atoms with Crippen molar-refractivity contribution in [2.45, 2.75) is 13.3 Å². The molecule has 1 rings (SSSR count). The van der Waals surface area contributed by atoms with E-state index in [0.29, 0.717) is 12.2 Å². The molecule has 0 radical (unpaired) electrons. The van der Waals surface area contributed by atoms with Gasteiger partial charge in [0.1, 0.15) is 11.3 Å². The summed E-state index contributed by atoms with van der Waals surface area (Å²) >= 11 is 0. The van der Waals surface area contributed by atoms with Crippen LogP contribution in [0.1, 0.15) is 23.7 Å². The van der Waals surface area contributed by atoms with Crippen LogP contribution in [0.15, 0.2) is 18.2 Å². The third-order valence-corrected chi connectivity index (χ3v) is 2.23. The Morgan fingerprint density at radius 1 is 1.39 bits per heavy atom. The number of carbonyl (C=O) groups excluding carboxylic acids is 1. The Morgan fingerprint density at radius 2 is 2.11 bits per heavy atom. The van der Waals surface area contributed by atoms with Gasteiger partial charge >= 0.3 is 12.0 Å². The number of rotatable bonds is 5. The molecule has 0 unspecified atom stereocenters. The molecular formula is C12H16N2O4. The van der Waals surface area contributed by atoms with Gasteiger partial charge in [-0.3, -0.25) is 0 Å². The maximum atomic E-state index is 11.4. The van der Waals surface area contributed by atoms with Crippen molar-refractivity contribution in [3.8, 4) is 5.75 Å². The van der Waals surface area contributed by atoms with Crippen molar-refractivity contribution in [1.29, 1.82) is 0 Å². The second-order valence-electron chi connectivity index (χ2n) is 3.60. The van der Waals surface area contributed by atoms with Crippen LogP contribution < -0.4 is 15.4 Å². The van der Waals surface area contributed by atoms with Crippen LogP contribution in [0.2, 0.25) is 0 Å². The zero-order valence-corrected chi connectivity index (χ0v) is 10.3. The number of aromatic carboxylic acids is 1. The van der Waals surface area contributed by atoms with Gasteiger partial charge in [0, 0.05) is 18.3 Å². The van der Waals surface area contributed by atoms with E-state index >= 15 is 0 Å². The number of hydrogen-bond acceptors (Lipinski definition) is 3. The SMILES string of the molecule is CCCNC(=O)Nc1ccc(C(=O)O)c(OC)c1. The van der Waals surface area contributed by atoms with Crippen molar-refractivity contribution in [3.05, 3.63) is 23.8 Å². The molecule has 0 saturated carbocycles. The Kier molecular flexibility index (Phi) is 4.98. The molecule has 0 spiro atoms. The maximum Gasteiger partial charge on any atom is 0.339 e. The minimum absolute atomic E-state index is 0.0528. The number of carbonyl (C=O) groups is 2. The van der Waals surface area contributed by atoms with Crippen LogP contribution in [-0.4, -0.2) is 30.8 Å². The van der Waals surface area contributed by atoms with Gasteiger partial charge in [-0.05, 0) is 18.6 Å². The summed E-state index contributed by atoms with van der Waals surface area (Å²) in [6, 6.07) is 4.03. The first-order valence-corrected chi connectivity index (χ1v) is 5.54. The van der Waals surface area contributed by atoms with Gasteiger partial charge in [0.15, 0.2) is 0 Å². The van der Waals surface area contributed by atoms with Crippen LogP contribution >= 0.6 is 0 Å². The summed E-state index contributed by atoms with van der Waals surface area (Å²) in [5, 5.41) is 14.1. The minimum atomic E-state index is -1.08. The van der Waals surface area contributed by atoms with Crippen LogP contribution in [0.4, 0.5) is 10.5 Å². The average Bonchev–Trinajstić information content (AvgIpc) is 2.35. The molecule has 0 aliphatic heterocycles. The lowest BCUT2D eigenvalue weighted by molar-refractivity contribution is 0.0693. The van der Waals surface area contributed by atoms with E-state index < -0.39 is 5.97 Å². The molecule has 3 N–H and O–H groups in total. The molecule has 6 nitrogen and oxygen atoms in total. The second kappa shape index (κ2) is 6.48. The van der Waals surface area contributed by atoms with Gasteiger partial charge in [-0.25, -0.2) is 9.59 Å². The molecule has 0 aromatic heterocycles. The van der Waals surface area contributed by atoms with E-state index in [0.717, 1.165) is 6.42 Å². The number of amides is 2. The van der Waals surface area contributed by atoms with E-state index in [1.54, 1.807) is 0 Å². The zero-order chi connectivity index (χ0) is 13.5. The van der Waals surface area contributed by atoms with E-state index in [1.807, 2.05) is 6.92 Å². The molecule has 0 fully saturated rings. The van der Waals surface area contributed by atoms with Crippen molar-refractivity contribution >= 4 is 17.7 Å². The highest BCUT2D eigenvalue weighted by molar-refractivity contribution is 5.94. The maximum absolute atomic E-state index is 11.4. The monoisotopic (exact) mass is 252 g/mol. The lowest BCUT2D eigenvalue weighted by atomic mass is 10.2. The number of carboxylic acid groups (broad SMARTS) is 1. The van der Waals surface area contributed by atoms with E-state index in [-0.39, 0.29) is 17.3 Å². The quantitative estimate of drug-likeness (QED) is 0.747. The molecule has 0 heterocycles. The minimum Gasteiger partial charge on any atom is -0.496 e. The van der Waals surface area contributed by atoms with E-state index in [9.17, 15) is 9.59 Å². The standard InChI is InChI=1S/C12H16N2O4/c1-3-6-13-12(17)14-8-4-5-9(11(15)16)10(7-8)18-2/h4-5,7H,3,6H2,1-2H3,(H,15,16)(H2,13,14,17). The van der Waals surface area contributed by atoms with Crippen LogP contribution in [0.25, 0.3) is 0 Å². The Labute approximate surface area is 105 Å². The molecule has 0 atom stereocenters. The first-order chi connectivity index (χ1) is 8.58. The first-order valence-electron chi connectivity index (χ1n) is 5.54. The highest BCUT2D eigenvalue weighted by Crippen LogP contribution is 2.23. The fourth-order valence-electron chi connectivity index (χ4n) is 1.36. The zero-order valence-electron chi connectivity index (χ0n) is 10.3. The molecular weight excluding hydrogens is 236 g/mol. The number of hydrogen-bond donors (Lipinski definition) is 3. The molecule has 1 aromatic carbocycles. The number of ether oxygens (including phenoxy) is 1. The summed E-state index contributed by atoms with van der Waals surface area (Å²) in [6.45, 7) is 2.53. The molecule has 0 aliphatic carbocycles. The van der Waals surface area contributed by atoms with Gasteiger partial charge < -0.3 is 20.5 Å². The van der Waals surface area contributed by atoms with Crippen molar-refractivity contribution in [2.24, 2.45) is 0 Å². The van der Waals surface area contributed by atoms with E-state index in [4.69, 9.17) is 9.84 Å². The van der Waals surface area contributed by atoms with Gasteiger partial charge in [0.25, 0.3) is 0 Å². The van der Waals surface area contributed by atoms with Gasteiger partial charge in [-0.15, -0.1) is 0 Å². The molecule has 0 bridgehead atoms. The summed E-state index contributed by atoms with van der Waals surface area (Å²) in [7, 11) is 1.38. The fraction of sp³-hybridized carbons (Fsp3) is 0.333. The lowest BCUT2D eigenvalue weighted by Gasteiger charge is -2.09. The summed E-state index contributed by atoms with van der Waals surface area (Å²) in [4.78, 5) is 22.3. The van der Waals surface area contributed by atoms with Crippen molar-refractivity contribution in [2.75, 3.05) is 19.0 Å². The van der Waals surface area contributed by atoms with Gasteiger partial charge in [0.2, 0.25) is 0 Å². The fourth-order valence-corrected chi connectivity index (χ4v) is 1.36. The topological polar surface area (TPSA) is 87.7 Å². The smallest absolute Gasteiger partial charge is 0.339 e. The number of nitrogens with one attached hydrogen (secondary N) is 2. The molecule has 6 heteroatoms. The number of methoxy groups -OCH3 is 1. The number of carboxylic acids is 1. The predicted octanol–water partition coefficient (Wildman–Crippen LogP) is 1.92. The molecule has 98 valence electrons. The molecule has 0 saturated heterocycles. The third-order valence-electron chi connectivity index (χ3n) is 2.23. The Balaban J connectivity index is 2.79. The van der Waals surface area contributed by atoms with E-state index in [1.165, 1.54) is 25.3 Å². The van der Waals surface area contributed by atoms with Crippen LogP contribution in [0, 0.1) is 0 Å². The lowest BCUT2D eigenvalue weighted by Crippen LogP contribution is -2.29. The summed E-state index contributed by atoms with van der Waals surface area (Å²) < 4.78 is 4.96. The van der Waals surface area contributed by atoms with E-state index in [2.05, 4.69) is 10.6 Å². The van der Waals surface area contributed by atoms with Crippen LogP contribution in [0.5, 0.6) is 5.75 Å². The van der Waals surface area contributed by atoms with Crippen LogP contribution in [0.3, 0.4) is 0 Å². The highest BCUT2D eigenvalue weighted by atomic mass is 16.5. The Morgan fingerprint density at radius 3 is 2.67 bits per heavy atom. The highest BCUT2D eigenvalue weighted by Gasteiger charge is 2.11. The third kappa shape index (κ3) is 3.65. The largest absolute Gasteiger partial charge is 0.496 e. The Bertz CT molecular complexity index is 446. The van der Waals surface area contributed by atoms with Crippen LogP contribution in [-0.2, 0) is 0 Å². The van der Waals surface area contributed by atoms with Gasteiger partial charge in [-0.2, -0.15) is 0 Å². The normalized spacial score (nSPS) is 9.67. The number of benzene rings is 1. The van der Waals surface area contributed by atoms with Crippen molar-refractivity contribution < 1.29 is 19.4 Å². The first kappa shape index (κ1) is 13.8. The van der Waals surface area contributed by atoms with Crippen molar-refractivity contribution in [1.82, 2.24) is 5.32 Å².